The second-order valence-electron chi connectivity index (χ2n) is 5.50. The van der Waals surface area contributed by atoms with Crippen LogP contribution in [-0.4, -0.2) is 48.8 Å². The third-order valence-electron chi connectivity index (χ3n) is 3.32. The molecule has 2 amide bonds. The molecule has 0 unspecified atom stereocenters. The topological polar surface area (TPSA) is 111 Å². The number of nitrogens with zero attached hydrogens (tertiary/aromatic N) is 1. The van der Waals surface area contributed by atoms with Crippen LogP contribution in [0.2, 0.25) is 0 Å². The first kappa shape index (κ1) is 21.1. The number of carbonyl (C=O) groups is 3. The number of aromatic nitrogens is 1. The summed E-state index contributed by atoms with van der Waals surface area (Å²) in [6.45, 7) is -1.85. The molecule has 0 saturated carbocycles. The average Bonchev–Trinajstić information content (AvgIpc) is 3.15. The van der Waals surface area contributed by atoms with Crippen molar-refractivity contribution in [3.05, 3.63) is 42.1 Å². The maximum absolute atomic E-state index is 12.0. The number of ether oxygens (including phenoxy) is 1. The van der Waals surface area contributed by atoms with Gasteiger partial charge in [-0.05, 0) is 0 Å². The number of halogens is 3. The first-order valence-electron chi connectivity index (χ1n) is 8.04. The molecule has 0 aliphatic carbocycles. The molecule has 1 aromatic heterocycles. The van der Waals surface area contributed by atoms with Crippen LogP contribution in [0.1, 0.15) is 16.9 Å². The Kier molecular flexibility index (Phi) is 7.27. The van der Waals surface area contributed by atoms with Crippen molar-refractivity contribution in [3.8, 4) is 11.3 Å². The number of hydrogen-bond donors (Lipinski definition) is 2. The standard InChI is InChI=1S/C17H16F3N3O5/c18-17(19,20)27-10-12(24)9-22-15(25)6-7-21-16(26)13-8-14(28-23-13)11-4-2-1-3-5-11/h1-5,8H,6-7,9-10H2,(H,21,26)(H,22,25). The van der Waals surface area contributed by atoms with Crippen molar-refractivity contribution in [2.24, 2.45) is 0 Å². The second-order valence-corrected chi connectivity index (χ2v) is 5.50. The molecule has 2 N–H and O–H groups in total. The molecule has 0 radical (unpaired) electrons. The van der Waals surface area contributed by atoms with E-state index >= 15 is 0 Å². The fraction of sp³-hybridized carbons (Fsp3) is 0.294. The lowest BCUT2D eigenvalue weighted by Crippen LogP contribution is -2.35. The summed E-state index contributed by atoms with van der Waals surface area (Å²) in [5.74, 6) is -1.71. The third kappa shape index (κ3) is 7.19. The van der Waals surface area contributed by atoms with Crippen molar-refractivity contribution in [2.45, 2.75) is 12.8 Å². The van der Waals surface area contributed by atoms with Crippen molar-refractivity contribution in [2.75, 3.05) is 19.7 Å². The SMILES string of the molecule is O=C(CNC(=O)CCNC(=O)c1cc(-c2ccccc2)on1)COC(F)(F)F. The number of nitrogens with one attached hydrogen (secondary N) is 2. The van der Waals surface area contributed by atoms with E-state index < -0.39 is 37.1 Å². The highest BCUT2D eigenvalue weighted by atomic mass is 19.4. The van der Waals surface area contributed by atoms with Crippen LogP contribution in [0, 0.1) is 0 Å². The molecule has 2 rings (SSSR count). The molecule has 11 heteroatoms. The summed E-state index contributed by atoms with van der Waals surface area (Å²) in [7, 11) is 0. The van der Waals surface area contributed by atoms with Gasteiger partial charge in [0.05, 0.1) is 6.54 Å². The predicted octanol–water partition coefficient (Wildman–Crippen LogP) is 1.68. The Morgan fingerprint density at radius 3 is 2.50 bits per heavy atom. The van der Waals surface area contributed by atoms with Gasteiger partial charge < -0.3 is 15.2 Å². The van der Waals surface area contributed by atoms with E-state index in [0.717, 1.165) is 5.56 Å². The zero-order valence-electron chi connectivity index (χ0n) is 14.4. The summed E-state index contributed by atoms with van der Waals surface area (Å²) in [4.78, 5) is 34.7. The van der Waals surface area contributed by atoms with Gasteiger partial charge >= 0.3 is 6.36 Å². The van der Waals surface area contributed by atoms with Gasteiger partial charge in [0.25, 0.3) is 5.91 Å². The highest BCUT2D eigenvalue weighted by Crippen LogP contribution is 2.19. The predicted molar refractivity (Wildman–Crippen MR) is 88.9 cm³/mol. The zero-order valence-corrected chi connectivity index (χ0v) is 14.4. The molecule has 28 heavy (non-hydrogen) atoms. The maximum atomic E-state index is 12.0. The number of alkyl halides is 3. The van der Waals surface area contributed by atoms with Crippen molar-refractivity contribution >= 4 is 17.6 Å². The number of amides is 2. The van der Waals surface area contributed by atoms with E-state index in [4.69, 9.17) is 4.52 Å². The first-order chi connectivity index (χ1) is 13.2. The molecule has 150 valence electrons. The Balaban J connectivity index is 1.69. The van der Waals surface area contributed by atoms with E-state index in [9.17, 15) is 27.6 Å². The normalized spacial score (nSPS) is 11.1. The molecule has 0 bridgehead atoms. The van der Waals surface area contributed by atoms with Crippen LogP contribution in [0.25, 0.3) is 11.3 Å². The van der Waals surface area contributed by atoms with E-state index in [0.29, 0.717) is 5.76 Å². The number of benzene rings is 1. The van der Waals surface area contributed by atoms with Crippen LogP contribution < -0.4 is 10.6 Å². The molecule has 0 aliphatic rings. The second kappa shape index (κ2) is 9.65. The minimum atomic E-state index is -4.91. The van der Waals surface area contributed by atoms with Gasteiger partial charge in [-0.2, -0.15) is 0 Å². The Morgan fingerprint density at radius 1 is 1.11 bits per heavy atom. The number of hydrogen-bond acceptors (Lipinski definition) is 6. The lowest BCUT2D eigenvalue weighted by atomic mass is 10.1. The van der Waals surface area contributed by atoms with Gasteiger partial charge in [-0.15, -0.1) is 13.2 Å². The lowest BCUT2D eigenvalue weighted by Gasteiger charge is -2.07. The van der Waals surface area contributed by atoms with Gasteiger partial charge in [-0.25, -0.2) is 0 Å². The lowest BCUT2D eigenvalue weighted by molar-refractivity contribution is -0.320. The first-order valence-corrected chi connectivity index (χ1v) is 8.04. The molecular weight excluding hydrogens is 383 g/mol. The fourth-order valence-electron chi connectivity index (χ4n) is 2.00. The van der Waals surface area contributed by atoms with E-state index in [-0.39, 0.29) is 18.7 Å². The minimum absolute atomic E-state index is 0.0266. The van der Waals surface area contributed by atoms with Crippen LogP contribution in [0.15, 0.2) is 40.9 Å². The number of ketones is 1. The summed E-state index contributed by atoms with van der Waals surface area (Å²) in [6, 6.07) is 10.5. The van der Waals surface area contributed by atoms with E-state index in [1.54, 1.807) is 24.3 Å². The van der Waals surface area contributed by atoms with Gasteiger partial charge in [0.2, 0.25) is 5.91 Å². The molecule has 0 saturated heterocycles. The van der Waals surface area contributed by atoms with Crippen molar-refractivity contribution in [3.63, 3.8) is 0 Å². The highest BCUT2D eigenvalue weighted by molar-refractivity contribution is 5.93. The molecule has 2 aromatic rings. The van der Waals surface area contributed by atoms with Crippen LogP contribution in [-0.2, 0) is 14.3 Å². The quantitative estimate of drug-likeness (QED) is 0.664. The van der Waals surface area contributed by atoms with Gasteiger partial charge in [0.15, 0.2) is 17.2 Å². The molecule has 0 aliphatic heterocycles. The zero-order chi connectivity index (χ0) is 20.6. The van der Waals surface area contributed by atoms with E-state index in [1.807, 2.05) is 6.07 Å². The Hall–Kier alpha value is -3.21. The fourth-order valence-corrected chi connectivity index (χ4v) is 2.00. The van der Waals surface area contributed by atoms with Crippen LogP contribution in [0.3, 0.4) is 0 Å². The number of Topliss-reactive ketones (excluding diaryl/α,β-unsaturated/α-hetero) is 1. The van der Waals surface area contributed by atoms with Gasteiger partial charge in [0, 0.05) is 24.6 Å². The summed E-state index contributed by atoms with van der Waals surface area (Å²) < 4.78 is 43.8. The molecule has 1 heterocycles. The molecule has 0 spiro atoms. The van der Waals surface area contributed by atoms with Crippen LogP contribution in [0.5, 0.6) is 0 Å². The van der Waals surface area contributed by atoms with Crippen molar-refractivity contribution < 1.29 is 36.8 Å². The Morgan fingerprint density at radius 2 is 1.82 bits per heavy atom. The van der Waals surface area contributed by atoms with E-state index in [1.165, 1.54) is 6.07 Å². The van der Waals surface area contributed by atoms with Gasteiger partial charge in [-0.1, -0.05) is 35.5 Å². The van der Waals surface area contributed by atoms with Crippen LogP contribution in [0.4, 0.5) is 13.2 Å². The Labute approximate surface area is 157 Å². The molecule has 0 fully saturated rings. The average molecular weight is 399 g/mol. The van der Waals surface area contributed by atoms with Crippen molar-refractivity contribution in [1.82, 2.24) is 15.8 Å². The Bertz CT molecular complexity index is 821. The molecule has 1 aromatic carbocycles. The summed E-state index contributed by atoms with van der Waals surface area (Å²) in [5, 5.41) is 8.24. The number of rotatable bonds is 9. The monoisotopic (exact) mass is 399 g/mol. The largest absolute Gasteiger partial charge is 0.522 e. The summed E-state index contributed by atoms with van der Waals surface area (Å²) >= 11 is 0. The molecule has 8 nitrogen and oxygen atoms in total. The highest BCUT2D eigenvalue weighted by Gasteiger charge is 2.30. The van der Waals surface area contributed by atoms with Gasteiger partial charge in [0.1, 0.15) is 6.61 Å². The smallest absolute Gasteiger partial charge is 0.355 e. The van der Waals surface area contributed by atoms with E-state index in [2.05, 4.69) is 20.5 Å². The summed E-state index contributed by atoms with van der Waals surface area (Å²) in [6.07, 6.45) is -5.09. The molecule has 0 atom stereocenters. The molecular formula is C17H16F3N3O5. The minimum Gasteiger partial charge on any atom is -0.355 e. The van der Waals surface area contributed by atoms with Gasteiger partial charge in [-0.3, -0.25) is 19.1 Å². The van der Waals surface area contributed by atoms with Crippen LogP contribution >= 0.6 is 0 Å². The summed E-state index contributed by atoms with van der Waals surface area (Å²) in [5.41, 5.74) is 0.770. The third-order valence-corrected chi connectivity index (χ3v) is 3.32. The maximum Gasteiger partial charge on any atom is 0.522 e. The van der Waals surface area contributed by atoms with Crippen molar-refractivity contribution in [1.29, 1.82) is 0 Å². The number of carbonyl (C=O) groups excluding carboxylic acids is 3.